The Morgan fingerprint density at radius 2 is 2.00 bits per heavy atom. The van der Waals surface area contributed by atoms with Crippen LogP contribution in [-0.2, 0) is 9.53 Å². The molecule has 2 rings (SSSR count). The molecule has 0 aliphatic rings. The first-order chi connectivity index (χ1) is 11.4. The monoisotopic (exact) mass is 352 g/mol. The molecule has 1 amide bonds. The molecule has 0 bridgehead atoms. The van der Waals surface area contributed by atoms with Crippen LogP contribution in [0, 0.1) is 15.9 Å². The fraction of sp³-hybridized carbons (Fsp3) is 0.0667. The van der Waals surface area contributed by atoms with Gasteiger partial charge in [0.1, 0.15) is 5.82 Å². The van der Waals surface area contributed by atoms with Crippen LogP contribution in [0.25, 0.3) is 0 Å². The minimum absolute atomic E-state index is 0.0744. The number of rotatable bonds is 5. The number of carbonyl (C=O) groups is 2. The molecule has 0 atom stereocenters. The number of amides is 1. The molecule has 0 saturated heterocycles. The Labute approximate surface area is 140 Å². The first-order valence-corrected chi connectivity index (χ1v) is 6.91. The first kappa shape index (κ1) is 17.4. The third-order valence-electron chi connectivity index (χ3n) is 2.83. The van der Waals surface area contributed by atoms with Crippen LogP contribution in [0.4, 0.5) is 15.8 Å². The number of carbonyl (C=O) groups excluding carboxylic acids is 2. The lowest BCUT2D eigenvalue weighted by Gasteiger charge is -2.07. The summed E-state index contributed by atoms with van der Waals surface area (Å²) in [6.45, 7) is -0.677. The van der Waals surface area contributed by atoms with Gasteiger partial charge in [-0.3, -0.25) is 14.9 Å². The van der Waals surface area contributed by atoms with Crippen molar-refractivity contribution in [2.45, 2.75) is 0 Å². The van der Waals surface area contributed by atoms with Crippen LogP contribution in [0.2, 0.25) is 5.02 Å². The molecule has 0 radical (unpaired) electrons. The predicted octanol–water partition coefficient (Wildman–Crippen LogP) is 3.18. The van der Waals surface area contributed by atoms with Gasteiger partial charge in [0.05, 0.1) is 16.2 Å². The van der Waals surface area contributed by atoms with Gasteiger partial charge < -0.3 is 10.1 Å². The summed E-state index contributed by atoms with van der Waals surface area (Å²) < 4.78 is 18.3. The van der Waals surface area contributed by atoms with Crippen LogP contribution in [0.5, 0.6) is 0 Å². The number of non-ortho nitro benzene ring substituents is 1. The van der Waals surface area contributed by atoms with E-state index in [2.05, 4.69) is 5.32 Å². The highest BCUT2D eigenvalue weighted by Gasteiger charge is 2.15. The summed E-state index contributed by atoms with van der Waals surface area (Å²) in [7, 11) is 0. The van der Waals surface area contributed by atoms with Crippen molar-refractivity contribution < 1.29 is 23.6 Å². The molecule has 0 unspecified atom stereocenters. The second kappa shape index (κ2) is 7.51. The molecule has 124 valence electrons. The molecule has 0 aromatic heterocycles. The molecule has 0 spiro atoms. The highest BCUT2D eigenvalue weighted by atomic mass is 35.5. The number of esters is 1. The van der Waals surface area contributed by atoms with Crippen LogP contribution in [0.1, 0.15) is 10.4 Å². The number of hydrogen-bond donors (Lipinski definition) is 1. The normalized spacial score (nSPS) is 10.1. The van der Waals surface area contributed by atoms with Crippen molar-refractivity contribution in [2.75, 3.05) is 11.9 Å². The molecule has 0 aliphatic heterocycles. The fourth-order valence-corrected chi connectivity index (χ4v) is 1.90. The Morgan fingerprint density at radius 1 is 1.25 bits per heavy atom. The molecule has 9 heteroatoms. The van der Waals surface area contributed by atoms with Gasteiger partial charge in [-0.15, -0.1) is 0 Å². The van der Waals surface area contributed by atoms with Gasteiger partial charge in [-0.2, -0.15) is 0 Å². The van der Waals surface area contributed by atoms with Crippen LogP contribution >= 0.6 is 11.6 Å². The first-order valence-electron chi connectivity index (χ1n) is 6.53. The maximum Gasteiger partial charge on any atom is 0.338 e. The molecule has 0 fully saturated rings. The number of halogens is 2. The Kier molecular flexibility index (Phi) is 5.43. The molecule has 7 nitrogen and oxygen atoms in total. The largest absolute Gasteiger partial charge is 0.452 e. The summed E-state index contributed by atoms with van der Waals surface area (Å²) in [4.78, 5) is 33.4. The lowest BCUT2D eigenvalue weighted by molar-refractivity contribution is -0.384. The van der Waals surface area contributed by atoms with E-state index in [9.17, 15) is 24.1 Å². The van der Waals surface area contributed by atoms with E-state index in [-0.39, 0.29) is 22.0 Å². The van der Waals surface area contributed by atoms with E-state index in [0.29, 0.717) is 0 Å². The number of nitro groups is 1. The van der Waals surface area contributed by atoms with E-state index in [0.717, 1.165) is 12.1 Å². The van der Waals surface area contributed by atoms with Gasteiger partial charge in [-0.05, 0) is 24.3 Å². The Hall–Kier alpha value is -3.00. The summed E-state index contributed by atoms with van der Waals surface area (Å²) in [5, 5.41) is 13.0. The number of ether oxygens (including phenoxy) is 1. The topological polar surface area (TPSA) is 98.5 Å². The smallest absolute Gasteiger partial charge is 0.338 e. The van der Waals surface area contributed by atoms with Gasteiger partial charge in [0, 0.05) is 17.2 Å². The minimum atomic E-state index is -0.912. The average molecular weight is 353 g/mol. The zero-order valence-corrected chi connectivity index (χ0v) is 12.7. The van der Waals surface area contributed by atoms with Crippen LogP contribution in [0.3, 0.4) is 0 Å². The Balaban J connectivity index is 1.95. The lowest BCUT2D eigenvalue weighted by atomic mass is 10.2. The molecule has 1 N–H and O–H groups in total. The summed E-state index contributed by atoms with van der Waals surface area (Å²) in [5.74, 6) is -2.42. The summed E-state index contributed by atoms with van der Waals surface area (Å²) in [6, 6.07) is 8.54. The van der Waals surface area contributed by atoms with E-state index in [1.54, 1.807) is 0 Å². The number of nitrogens with zero attached hydrogens (tertiary/aromatic N) is 1. The number of benzene rings is 2. The molecule has 2 aromatic carbocycles. The van der Waals surface area contributed by atoms with Crippen LogP contribution in [0.15, 0.2) is 42.5 Å². The number of hydrogen-bond acceptors (Lipinski definition) is 5. The average Bonchev–Trinajstić information content (AvgIpc) is 2.55. The van der Waals surface area contributed by atoms with Crippen molar-refractivity contribution in [3.05, 3.63) is 69.0 Å². The molecule has 2 aromatic rings. The summed E-state index contributed by atoms with van der Waals surface area (Å²) in [5.41, 5.74) is -0.470. The van der Waals surface area contributed by atoms with E-state index in [1.165, 1.54) is 30.3 Å². The fourth-order valence-electron chi connectivity index (χ4n) is 1.74. The van der Waals surface area contributed by atoms with Crippen molar-refractivity contribution in [3.8, 4) is 0 Å². The van der Waals surface area contributed by atoms with Crippen molar-refractivity contribution in [1.82, 2.24) is 0 Å². The van der Waals surface area contributed by atoms with Crippen LogP contribution < -0.4 is 5.32 Å². The van der Waals surface area contributed by atoms with Gasteiger partial charge in [-0.25, -0.2) is 9.18 Å². The molecular weight excluding hydrogens is 343 g/mol. The van der Waals surface area contributed by atoms with E-state index < -0.39 is 29.2 Å². The number of nitro benzene ring substituents is 1. The Bertz CT molecular complexity index is 812. The van der Waals surface area contributed by atoms with Gasteiger partial charge in [-0.1, -0.05) is 17.7 Å². The van der Waals surface area contributed by atoms with Gasteiger partial charge >= 0.3 is 5.97 Å². The van der Waals surface area contributed by atoms with Crippen molar-refractivity contribution >= 4 is 34.9 Å². The predicted molar refractivity (Wildman–Crippen MR) is 83.4 cm³/mol. The number of anilines is 1. The lowest BCUT2D eigenvalue weighted by Crippen LogP contribution is -2.21. The maximum absolute atomic E-state index is 13.5. The highest BCUT2D eigenvalue weighted by molar-refractivity contribution is 6.30. The zero-order valence-electron chi connectivity index (χ0n) is 12.0. The SMILES string of the molecule is O=C(COC(=O)c1cccc([N+](=O)[O-])c1)Nc1ccc(Cl)cc1F. The molecule has 0 aliphatic carbocycles. The Morgan fingerprint density at radius 3 is 2.67 bits per heavy atom. The van der Waals surface area contributed by atoms with Gasteiger partial charge in [0.25, 0.3) is 11.6 Å². The van der Waals surface area contributed by atoms with E-state index in [1.807, 2.05) is 0 Å². The standard InChI is InChI=1S/C15H10ClFN2O5/c16-10-4-5-13(12(17)7-10)18-14(20)8-24-15(21)9-2-1-3-11(6-9)19(22)23/h1-7H,8H2,(H,18,20). The zero-order chi connectivity index (χ0) is 17.7. The quantitative estimate of drug-likeness (QED) is 0.506. The van der Waals surface area contributed by atoms with Gasteiger partial charge in [0.2, 0.25) is 0 Å². The third-order valence-corrected chi connectivity index (χ3v) is 3.07. The van der Waals surface area contributed by atoms with Crippen LogP contribution in [-0.4, -0.2) is 23.4 Å². The van der Waals surface area contributed by atoms with Crippen molar-refractivity contribution in [1.29, 1.82) is 0 Å². The molecule has 24 heavy (non-hydrogen) atoms. The molecule has 0 heterocycles. The van der Waals surface area contributed by atoms with Gasteiger partial charge in [0.15, 0.2) is 6.61 Å². The molecular formula is C15H10ClFN2O5. The minimum Gasteiger partial charge on any atom is -0.452 e. The highest BCUT2D eigenvalue weighted by Crippen LogP contribution is 2.19. The van der Waals surface area contributed by atoms with E-state index in [4.69, 9.17) is 16.3 Å². The third kappa shape index (κ3) is 4.50. The van der Waals surface area contributed by atoms with Crippen molar-refractivity contribution in [3.63, 3.8) is 0 Å². The maximum atomic E-state index is 13.5. The van der Waals surface area contributed by atoms with Crippen molar-refractivity contribution in [2.24, 2.45) is 0 Å². The summed E-state index contributed by atoms with van der Waals surface area (Å²) in [6.07, 6.45) is 0. The second-order valence-electron chi connectivity index (χ2n) is 4.56. The molecule has 0 saturated carbocycles. The summed E-state index contributed by atoms with van der Waals surface area (Å²) >= 11 is 5.59. The second-order valence-corrected chi connectivity index (χ2v) is 4.99. The number of nitrogens with one attached hydrogen (secondary N) is 1. The van der Waals surface area contributed by atoms with E-state index >= 15 is 0 Å².